The van der Waals surface area contributed by atoms with Gasteiger partial charge in [0.25, 0.3) is 5.56 Å². The van der Waals surface area contributed by atoms with Crippen molar-refractivity contribution < 1.29 is 9.53 Å². The van der Waals surface area contributed by atoms with E-state index in [1.165, 1.54) is 17.0 Å². The molecule has 0 bridgehead atoms. The maximum atomic E-state index is 12.3. The second kappa shape index (κ2) is 6.62. The van der Waals surface area contributed by atoms with Crippen LogP contribution in [-0.2, 0) is 11.3 Å². The molecule has 0 fully saturated rings. The van der Waals surface area contributed by atoms with E-state index >= 15 is 0 Å². The Balaban J connectivity index is 1.68. The third-order valence-electron chi connectivity index (χ3n) is 3.36. The van der Waals surface area contributed by atoms with Crippen LogP contribution in [-0.4, -0.2) is 22.1 Å². The average molecular weight is 329 g/mol. The lowest BCUT2D eigenvalue weighted by Gasteiger charge is -2.08. The van der Waals surface area contributed by atoms with Crippen LogP contribution in [0.1, 0.15) is 10.4 Å². The highest BCUT2D eigenvalue weighted by Gasteiger charge is 2.08. The van der Waals surface area contributed by atoms with Crippen molar-refractivity contribution >= 4 is 28.5 Å². The van der Waals surface area contributed by atoms with Crippen molar-refractivity contribution in [2.24, 2.45) is 0 Å². The van der Waals surface area contributed by atoms with Gasteiger partial charge in [0.1, 0.15) is 6.61 Å². The molecule has 1 aromatic heterocycles. The van der Waals surface area contributed by atoms with Gasteiger partial charge in [0.2, 0.25) is 0 Å². The highest BCUT2D eigenvalue weighted by atomic mass is 35.5. The van der Waals surface area contributed by atoms with Crippen LogP contribution in [0.5, 0.6) is 0 Å². The molecule has 0 aliphatic rings. The van der Waals surface area contributed by atoms with Gasteiger partial charge in [0, 0.05) is 5.02 Å². The van der Waals surface area contributed by atoms with E-state index in [1.807, 2.05) is 6.07 Å². The molecule has 6 heteroatoms. The van der Waals surface area contributed by atoms with E-state index in [1.54, 1.807) is 36.4 Å². The molecule has 0 saturated heterocycles. The second-order valence-electron chi connectivity index (χ2n) is 4.91. The minimum absolute atomic E-state index is 0.0747. The first-order valence-corrected chi connectivity index (χ1v) is 7.40. The van der Waals surface area contributed by atoms with Gasteiger partial charge in [0.15, 0.2) is 0 Å². The number of esters is 1. The van der Waals surface area contributed by atoms with Crippen molar-refractivity contribution in [3.05, 3.63) is 75.8 Å². The predicted octanol–water partition coefficient (Wildman–Crippen LogP) is 2.91. The maximum absolute atomic E-state index is 12.3. The summed E-state index contributed by atoms with van der Waals surface area (Å²) in [4.78, 5) is 28.4. The van der Waals surface area contributed by atoms with E-state index in [4.69, 9.17) is 16.3 Å². The van der Waals surface area contributed by atoms with Crippen molar-refractivity contribution in [2.45, 2.75) is 6.54 Å². The summed E-state index contributed by atoms with van der Waals surface area (Å²) in [5.41, 5.74) is 0.862. The molecule has 5 nitrogen and oxygen atoms in total. The molecule has 0 aliphatic heterocycles. The van der Waals surface area contributed by atoms with E-state index < -0.39 is 5.97 Å². The smallest absolute Gasteiger partial charge is 0.338 e. The molecule has 0 radical (unpaired) electrons. The van der Waals surface area contributed by atoms with E-state index in [0.717, 1.165) is 0 Å². The Bertz CT molecular complexity index is 921. The number of halogens is 1. The van der Waals surface area contributed by atoms with Crippen molar-refractivity contribution in [2.75, 3.05) is 6.61 Å². The number of carbonyl (C=O) groups is 1. The Morgan fingerprint density at radius 1 is 1.17 bits per heavy atom. The van der Waals surface area contributed by atoms with Crippen LogP contribution >= 0.6 is 11.6 Å². The highest BCUT2D eigenvalue weighted by Crippen LogP contribution is 2.11. The number of nitrogens with zero attached hydrogens (tertiary/aromatic N) is 2. The Kier molecular flexibility index (Phi) is 4.39. The van der Waals surface area contributed by atoms with Gasteiger partial charge in [0.05, 0.1) is 29.3 Å². The van der Waals surface area contributed by atoms with E-state index in [0.29, 0.717) is 21.5 Å². The first kappa shape index (κ1) is 15.2. The van der Waals surface area contributed by atoms with Crippen LogP contribution in [0.25, 0.3) is 10.9 Å². The number of rotatable bonds is 4. The van der Waals surface area contributed by atoms with Crippen LogP contribution in [0.15, 0.2) is 59.7 Å². The minimum atomic E-state index is -0.478. The van der Waals surface area contributed by atoms with Gasteiger partial charge >= 0.3 is 5.97 Å². The van der Waals surface area contributed by atoms with Crippen LogP contribution in [0.2, 0.25) is 5.02 Å². The van der Waals surface area contributed by atoms with Gasteiger partial charge < -0.3 is 4.74 Å². The summed E-state index contributed by atoms with van der Waals surface area (Å²) in [5, 5.41) is 1.01. The third-order valence-corrected chi connectivity index (χ3v) is 3.59. The Morgan fingerprint density at radius 3 is 2.83 bits per heavy atom. The molecular formula is C17H13ClN2O3. The molecule has 3 rings (SSSR count). The fraction of sp³-hybridized carbons (Fsp3) is 0.118. The second-order valence-corrected chi connectivity index (χ2v) is 5.34. The number of hydrogen-bond donors (Lipinski definition) is 0. The minimum Gasteiger partial charge on any atom is -0.460 e. The molecular weight excluding hydrogens is 316 g/mol. The maximum Gasteiger partial charge on any atom is 0.338 e. The molecule has 1 heterocycles. The molecule has 0 spiro atoms. The first-order chi connectivity index (χ1) is 11.1. The van der Waals surface area contributed by atoms with Crippen LogP contribution < -0.4 is 5.56 Å². The van der Waals surface area contributed by atoms with E-state index in [2.05, 4.69) is 4.98 Å². The van der Waals surface area contributed by atoms with E-state index in [9.17, 15) is 9.59 Å². The summed E-state index contributed by atoms with van der Waals surface area (Å²) >= 11 is 5.83. The molecule has 0 N–H and O–H groups in total. The molecule has 3 aromatic rings. The Labute approximate surface area is 137 Å². The summed E-state index contributed by atoms with van der Waals surface area (Å²) in [7, 11) is 0. The zero-order chi connectivity index (χ0) is 16.2. The summed E-state index contributed by atoms with van der Waals surface area (Å²) in [6.45, 7) is 0.314. The summed E-state index contributed by atoms with van der Waals surface area (Å²) < 4.78 is 6.59. The summed E-state index contributed by atoms with van der Waals surface area (Å²) in [6.07, 6.45) is 1.46. The van der Waals surface area contributed by atoms with Crippen molar-refractivity contribution in [1.29, 1.82) is 0 Å². The normalized spacial score (nSPS) is 10.7. The Morgan fingerprint density at radius 2 is 2.00 bits per heavy atom. The lowest BCUT2D eigenvalue weighted by Crippen LogP contribution is -2.23. The number of aromatic nitrogens is 2. The van der Waals surface area contributed by atoms with Crippen LogP contribution in [0, 0.1) is 0 Å². The van der Waals surface area contributed by atoms with Gasteiger partial charge in [-0.05, 0) is 30.3 Å². The topological polar surface area (TPSA) is 61.2 Å². The molecule has 0 atom stereocenters. The molecule has 2 aromatic carbocycles. The van der Waals surface area contributed by atoms with Crippen LogP contribution in [0.4, 0.5) is 0 Å². The first-order valence-electron chi connectivity index (χ1n) is 7.02. The monoisotopic (exact) mass is 328 g/mol. The lowest BCUT2D eigenvalue weighted by atomic mass is 10.2. The predicted molar refractivity (Wildman–Crippen MR) is 87.7 cm³/mol. The third kappa shape index (κ3) is 3.40. The Hall–Kier alpha value is -2.66. The summed E-state index contributed by atoms with van der Waals surface area (Å²) in [5.74, 6) is -0.478. The molecule has 0 amide bonds. The van der Waals surface area contributed by atoms with Gasteiger partial charge in [-0.2, -0.15) is 0 Å². The number of benzene rings is 2. The van der Waals surface area contributed by atoms with Crippen LogP contribution in [0.3, 0.4) is 0 Å². The molecule has 0 saturated carbocycles. The fourth-order valence-corrected chi connectivity index (χ4v) is 2.39. The molecule has 116 valence electrons. The standard InChI is InChI=1S/C17H13ClN2O3/c18-13-5-3-4-12(10-13)17(22)23-9-8-20-11-19-15-7-2-1-6-14(15)16(20)21/h1-7,10-11H,8-9H2. The van der Waals surface area contributed by atoms with Crippen molar-refractivity contribution in [1.82, 2.24) is 9.55 Å². The van der Waals surface area contributed by atoms with Crippen molar-refractivity contribution in [3.8, 4) is 0 Å². The zero-order valence-corrected chi connectivity index (χ0v) is 12.9. The zero-order valence-electron chi connectivity index (χ0n) is 12.1. The van der Waals surface area contributed by atoms with Gasteiger partial charge in [-0.25, -0.2) is 9.78 Å². The fourth-order valence-electron chi connectivity index (χ4n) is 2.20. The van der Waals surface area contributed by atoms with Crippen molar-refractivity contribution in [3.63, 3.8) is 0 Å². The number of para-hydroxylation sites is 1. The summed E-state index contributed by atoms with van der Waals surface area (Å²) in [6, 6.07) is 13.6. The largest absolute Gasteiger partial charge is 0.460 e. The quantitative estimate of drug-likeness (QED) is 0.691. The lowest BCUT2D eigenvalue weighted by molar-refractivity contribution is 0.0490. The molecule has 0 aliphatic carbocycles. The molecule has 23 heavy (non-hydrogen) atoms. The number of ether oxygens (including phenoxy) is 1. The van der Waals surface area contributed by atoms with Gasteiger partial charge in [-0.3, -0.25) is 9.36 Å². The number of hydrogen-bond acceptors (Lipinski definition) is 4. The van der Waals surface area contributed by atoms with E-state index in [-0.39, 0.29) is 18.7 Å². The SMILES string of the molecule is O=C(OCCn1cnc2ccccc2c1=O)c1cccc(Cl)c1. The van der Waals surface area contributed by atoms with Gasteiger partial charge in [-0.1, -0.05) is 29.8 Å². The number of fused-ring (bicyclic) bond motifs is 1. The molecule has 0 unspecified atom stereocenters. The highest BCUT2D eigenvalue weighted by molar-refractivity contribution is 6.30. The average Bonchev–Trinajstić information content (AvgIpc) is 2.57. The van der Waals surface area contributed by atoms with Gasteiger partial charge in [-0.15, -0.1) is 0 Å². The number of carbonyl (C=O) groups excluding carboxylic acids is 1.